The number of nitrogens with zero attached hydrogens (tertiary/aromatic N) is 2. The van der Waals surface area contributed by atoms with Crippen LogP contribution in [0.3, 0.4) is 0 Å². The molecule has 1 saturated heterocycles. The van der Waals surface area contributed by atoms with Gasteiger partial charge in [-0.1, -0.05) is 6.07 Å². The molecule has 18 heavy (non-hydrogen) atoms. The Morgan fingerprint density at radius 1 is 1.50 bits per heavy atom. The van der Waals surface area contributed by atoms with E-state index in [1.165, 1.54) is 0 Å². The first-order valence-electron chi connectivity index (χ1n) is 6.37. The van der Waals surface area contributed by atoms with Crippen molar-refractivity contribution in [2.75, 3.05) is 6.54 Å². The van der Waals surface area contributed by atoms with Gasteiger partial charge < -0.3 is 9.64 Å². The zero-order valence-corrected chi connectivity index (χ0v) is 11.2. The Morgan fingerprint density at radius 3 is 2.89 bits per heavy atom. The number of likely N-dealkylation sites (tertiary alicyclic amines) is 1. The van der Waals surface area contributed by atoms with Crippen molar-refractivity contribution in [3.63, 3.8) is 0 Å². The van der Waals surface area contributed by atoms with E-state index in [1.54, 1.807) is 6.20 Å². The highest BCUT2D eigenvalue weighted by molar-refractivity contribution is 5.69. The van der Waals surface area contributed by atoms with Gasteiger partial charge in [-0.25, -0.2) is 4.79 Å². The molecular weight excluding hydrogens is 228 g/mol. The summed E-state index contributed by atoms with van der Waals surface area (Å²) in [4.78, 5) is 18.1. The van der Waals surface area contributed by atoms with Crippen molar-refractivity contribution in [2.45, 2.75) is 45.3 Å². The molecule has 1 aliphatic rings. The summed E-state index contributed by atoms with van der Waals surface area (Å²) in [6, 6.07) is 4.02. The molecule has 2 heterocycles. The van der Waals surface area contributed by atoms with E-state index in [1.807, 2.05) is 44.0 Å². The average Bonchev–Trinajstić information content (AvgIpc) is 2.76. The van der Waals surface area contributed by atoms with Gasteiger partial charge in [-0.2, -0.15) is 0 Å². The molecule has 1 aromatic heterocycles. The summed E-state index contributed by atoms with van der Waals surface area (Å²) in [5.74, 6) is 0. The van der Waals surface area contributed by atoms with Gasteiger partial charge in [0.1, 0.15) is 5.60 Å². The zero-order valence-electron chi connectivity index (χ0n) is 11.2. The molecule has 1 fully saturated rings. The highest BCUT2D eigenvalue weighted by Gasteiger charge is 2.33. The maximum Gasteiger partial charge on any atom is 0.410 e. The Bertz CT molecular complexity index is 412. The molecule has 2 rings (SSSR count). The molecule has 1 amide bonds. The van der Waals surface area contributed by atoms with E-state index >= 15 is 0 Å². The second-order valence-electron chi connectivity index (χ2n) is 5.62. The minimum Gasteiger partial charge on any atom is -0.444 e. The lowest BCUT2D eigenvalue weighted by molar-refractivity contribution is 0.0224. The van der Waals surface area contributed by atoms with E-state index < -0.39 is 5.60 Å². The van der Waals surface area contributed by atoms with Gasteiger partial charge in [0.25, 0.3) is 0 Å². The largest absolute Gasteiger partial charge is 0.444 e. The second kappa shape index (κ2) is 4.96. The number of pyridine rings is 1. The van der Waals surface area contributed by atoms with Crippen molar-refractivity contribution in [1.29, 1.82) is 0 Å². The van der Waals surface area contributed by atoms with Gasteiger partial charge >= 0.3 is 6.09 Å². The molecule has 0 bridgehead atoms. The lowest BCUT2D eigenvalue weighted by Gasteiger charge is -2.28. The Balaban J connectivity index is 2.11. The number of hydrogen-bond acceptors (Lipinski definition) is 3. The maximum atomic E-state index is 12.1. The van der Waals surface area contributed by atoms with Gasteiger partial charge in [0.2, 0.25) is 0 Å². The van der Waals surface area contributed by atoms with E-state index in [0.29, 0.717) is 0 Å². The highest BCUT2D eigenvalue weighted by Crippen LogP contribution is 2.32. The summed E-state index contributed by atoms with van der Waals surface area (Å²) in [7, 11) is 0. The number of aromatic nitrogens is 1. The fourth-order valence-electron chi connectivity index (χ4n) is 2.23. The Hall–Kier alpha value is -1.58. The van der Waals surface area contributed by atoms with Crippen LogP contribution in [0.1, 0.15) is 45.2 Å². The van der Waals surface area contributed by atoms with Crippen LogP contribution in [0.25, 0.3) is 0 Å². The molecule has 1 aliphatic heterocycles. The van der Waals surface area contributed by atoms with Gasteiger partial charge in [-0.15, -0.1) is 0 Å². The fraction of sp³-hybridized carbons (Fsp3) is 0.571. The number of carbonyl (C=O) groups is 1. The SMILES string of the molecule is CC(C)(C)OC(=O)N1CCCC1c1cccnc1. The molecule has 1 atom stereocenters. The third-order valence-corrected chi connectivity index (χ3v) is 2.95. The third-order valence-electron chi connectivity index (χ3n) is 2.95. The first-order valence-corrected chi connectivity index (χ1v) is 6.37. The Morgan fingerprint density at radius 2 is 2.28 bits per heavy atom. The van der Waals surface area contributed by atoms with Crippen LogP contribution in [0.15, 0.2) is 24.5 Å². The molecule has 1 aromatic rings. The predicted molar refractivity (Wildman–Crippen MR) is 69.2 cm³/mol. The van der Waals surface area contributed by atoms with Gasteiger partial charge in [0, 0.05) is 18.9 Å². The molecule has 4 heteroatoms. The molecule has 0 radical (unpaired) electrons. The molecule has 0 aromatic carbocycles. The summed E-state index contributed by atoms with van der Waals surface area (Å²) >= 11 is 0. The van der Waals surface area contributed by atoms with E-state index in [0.717, 1.165) is 24.9 Å². The quantitative estimate of drug-likeness (QED) is 0.766. The number of amides is 1. The van der Waals surface area contributed by atoms with Crippen molar-refractivity contribution in [3.05, 3.63) is 30.1 Å². The smallest absolute Gasteiger partial charge is 0.410 e. The molecule has 0 spiro atoms. The van der Waals surface area contributed by atoms with Crippen LogP contribution in [-0.2, 0) is 4.74 Å². The normalized spacial score (nSPS) is 19.9. The van der Waals surface area contributed by atoms with Crippen molar-refractivity contribution < 1.29 is 9.53 Å². The van der Waals surface area contributed by atoms with Gasteiger partial charge in [-0.05, 0) is 45.2 Å². The van der Waals surface area contributed by atoms with Crippen LogP contribution < -0.4 is 0 Å². The Kier molecular flexibility index (Phi) is 3.55. The van der Waals surface area contributed by atoms with E-state index in [9.17, 15) is 4.79 Å². The fourth-order valence-corrected chi connectivity index (χ4v) is 2.23. The number of rotatable bonds is 1. The number of carbonyl (C=O) groups excluding carboxylic acids is 1. The highest BCUT2D eigenvalue weighted by atomic mass is 16.6. The minimum absolute atomic E-state index is 0.105. The number of ether oxygens (including phenoxy) is 1. The van der Waals surface area contributed by atoms with Crippen LogP contribution in [-0.4, -0.2) is 28.1 Å². The zero-order chi connectivity index (χ0) is 13.2. The lowest BCUT2D eigenvalue weighted by atomic mass is 10.1. The van der Waals surface area contributed by atoms with E-state index in [2.05, 4.69) is 4.98 Å². The lowest BCUT2D eigenvalue weighted by Crippen LogP contribution is -2.36. The summed E-state index contributed by atoms with van der Waals surface area (Å²) < 4.78 is 5.44. The molecule has 98 valence electrons. The van der Waals surface area contributed by atoms with Gasteiger partial charge in [0.15, 0.2) is 0 Å². The van der Waals surface area contributed by atoms with Crippen LogP contribution >= 0.6 is 0 Å². The predicted octanol–water partition coefficient (Wildman–Crippen LogP) is 3.15. The summed E-state index contributed by atoms with van der Waals surface area (Å²) in [5, 5.41) is 0. The van der Waals surface area contributed by atoms with E-state index in [4.69, 9.17) is 4.74 Å². The van der Waals surface area contributed by atoms with Crippen molar-refractivity contribution in [3.8, 4) is 0 Å². The van der Waals surface area contributed by atoms with Crippen LogP contribution in [0.2, 0.25) is 0 Å². The number of hydrogen-bond donors (Lipinski definition) is 0. The molecule has 0 N–H and O–H groups in total. The van der Waals surface area contributed by atoms with Gasteiger partial charge in [0.05, 0.1) is 6.04 Å². The molecule has 4 nitrogen and oxygen atoms in total. The summed E-state index contributed by atoms with van der Waals surface area (Å²) in [6.45, 7) is 6.43. The topological polar surface area (TPSA) is 42.4 Å². The van der Waals surface area contributed by atoms with Crippen molar-refractivity contribution >= 4 is 6.09 Å². The summed E-state index contributed by atoms with van der Waals surface area (Å²) in [5.41, 5.74) is 0.639. The average molecular weight is 248 g/mol. The second-order valence-corrected chi connectivity index (χ2v) is 5.62. The monoisotopic (exact) mass is 248 g/mol. The molecule has 1 unspecified atom stereocenters. The van der Waals surface area contributed by atoms with Crippen LogP contribution in [0.4, 0.5) is 4.79 Å². The summed E-state index contributed by atoms with van der Waals surface area (Å²) in [6.07, 6.45) is 5.33. The minimum atomic E-state index is -0.445. The Labute approximate surface area is 108 Å². The van der Waals surface area contributed by atoms with Crippen LogP contribution in [0.5, 0.6) is 0 Å². The van der Waals surface area contributed by atoms with Crippen molar-refractivity contribution in [2.24, 2.45) is 0 Å². The van der Waals surface area contributed by atoms with Crippen molar-refractivity contribution in [1.82, 2.24) is 9.88 Å². The first-order chi connectivity index (χ1) is 8.47. The third kappa shape index (κ3) is 3.00. The molecule has 0 saturated carbocycles. The maximum absolute atomic E-state index is 12.1. The molecule has 0 aliphatic carbocycles. The standard InChI is InChI=1S/C14H20N2O2/c1-14(2,3)18-13(17)16-9-5-7-12(16)11-6-4-8-15-10-11/h4,6,8,10,12H,5,7,9H2,1-3H3. The van der Waals surface area contributed by atoms with E-state index in [-0.39, 0.29) is 12.1 Å². The first kappa shape index (κ1) is 12.9. The molecular formula is C14H20N2O2. The van der Waals surface area contributed by atoms with Crippen LogP contribution in [0, 0.1) is 0 Å². The van der Waals surface area contributed by atoms with Gasteiger partial charge in [-0.3, -0.25) is 4.98 Å².